The molecule has 5 nitrogen and oxygen atoms in total. The maximum atomic E-state index is 11.1. The van der Waals surface area contributed by atoms with Crippen LogP contribution in [0.4, 0.5) is 16.2 Å². The zero-order valence-electron chi connectivity index (χ0n) is 14.6. The lowest BCUT2D eigenvalue weighted by Gasteiger charge is -2.07. The van der Waals surface area contributed by atoms with Crippen molar-refractivity contribution in [1.82, 2.24) is 0 Å². The summed E-state index contributed by atoms with van der Waals surface area (Å²) in [5, 5.41) is 5.34. The largest absolute Gasteiger partial charge is 0.453 e. The van der Waals surface area contributed by atoms with Gasteiger partial charge in [0.2, 0.25) is 5.91 Å². The molecule has 2 N–H and O–H groups in total. The molecule has 0 atom stereocenters. The molecule has 2 amide bonds. The molecular formula is C19H24N2O3. The summed E-state index contributed by atoms with van der Waals surface area (Å²) in [5.41, 5.74) is 3.75. The first-order chi connectivity index (χ1) is 11.6. The van der Waals surface area contributed by atoms with E-state index in [0.29, 0.717) is 5.69 Å². The van der Waals surface area contributed by atoms with E-state index in [9.17, 15) is 9.59 Å². The minimum absolute atomic E-state index is 0.0820. The van der Waals surface area contributed by atoms with E-state index >= 15 is 0 Å². The lowest BCUT2D eigenvalue weighted by atomic mass is 10.0. The number of methoxy groups -OCH3 is 1. The van der Waals surface area contributed by atoms with E-state index in [1.165, 1.54) is 14.0 Å². The van der Waals surface area contributed by atoms with Crippen molar-refractivity contribution in [2.24, 2.45) is 0 Å². The number of benzene rings is 2. The Hall–Kier alpha value is -2.82. The van der Waals surface area contributed by atoms with Crippen molar-refractivity contribution >= 4 is 23.4 Å². The molecule has 128 valence electrons. The van der Waals surface area contributed by atoms with Crippen molar-refractivity contribution in [3.63, 3.8) is 0 Å². The fourth-order valence-electron chi connectivity index (χ4n) is 2.02. The van der Waals surface area contributed by atoms with Gasteiger partial charge in [-0.05, 0) is 41.8 Å². The van der Waals surface area contributed by atoms with Gasteiger partial charge in [0, 0.05) is 18.3 Å². The van der Waals surface area contributed by atoms with Gasteiger partial charge < -0.3 is 10.1 Å². The van der Waals surface area contributed by atoms with Gasteiger partial charge >= 0.3 is 6.09 Å². The molecule has 0 radical (unpaired) electrons. The number of rotatable bonds is 4. The number of ether oxygens (including phenoxy) is 1. The van der Waals surface area contributed by atoms with Crippen molar-refractivity contribution < 1.29 is 14.3 Å². The summed E-state index contributed by atoms with van der Waals surface area (Å²) in [6, 6.07) is 15.3. The average molecular weight is 328 g/mol. The number of nitrogens with one attached hydrogen (secondary N) is 2. The molecule has 0 unspecified atom stereocenters. The summed E-state index contributed by atoms with van der Waals surface area (Å²) >= 11 is 0. The highest BCUT2D eigenvalue weighted by atomic mass is 16.5. The molecule has 0 aliphatic heterocycles. The second-order valence-corrected chi connectivity index (χ2v) is 4.87. The van der Waals surface area contributed by atoms with E-state index in [-0.39, 0.29) is 5.91 Å². The number of carbonyl (C=O) groups excluding carboxylic acids is 2. The molecule has 0 spiro atoms. The Bertz CT molecular complexity index is 649. The number of amides is 2. The predicted molar refractivity (Wildman–Crippen MR) is 97.4 cm³/mol. The molecule has 2 aromatic rings. The Kier molecular flexibility index (Phi) is 8.05. The third kappa shape index (κ3) is 6.52. The Balaban J connectivity index is 0.00000139. The fourth-order valence-corrected chi connectivity index (χ4v) is 2.02. The van der Waals surface area contributed by atoms with E-state index < -0.39 is 6.09 Å². The van der Waals surface area contributed by atoms with Crippen molar-refractivity contribution in [2.75, 3.05) is 17.7 Å². The second-order valence-electron chi connectivity index (χ2n) is 4.87. The fraction of sp³-hybridized carbons (Fsp3) is 0.263. The van der Waals surface area contributed by atoms with Crippen LogP contribution in [0.2, 0.25) is 0 Å². The third-order valence-electron chi connectivity index (χ3n) is 3.07. The Labute approximate surface area is 143 Å². The standard InChI is InChI=1S/C17H18N2O3.C2H6/c1-12(20)18-15-7-3-13(4-8-15)11-14-5-9-16(10-6-14)19-17(21)22-2;1-2/h3-10H,11H2,1-2H3,(H,18,20)(H,19,21);1-2H3. The number of hydrogen-bond donors (Lipinski definition) is 2. The first kappa shape index (κ1) is 19.2. The van der Waals surface area contributed by atoms with Crippen LogP contribution in [0.25, 0.3) is 0 Å². The van der Waals surface area contributed by atoms with Gasteiger partial charge in [0.25, 0.3) is 0 Å². The second kappa shape index (κ2) is 10.0. The van der Waals surface area contributed by atoms with E-state index in [1.54, 1.807) is 0 Å². The lowest BCUT2D eigenvalue weighted by molar-refractivity contribution is -0.114. The Morgan fingerprint density at radius 3 is 1.62 bits per heavy atom. The average Bonchev–Trinajstić information content (AvgIpc) is 2.59. The minimum Gasteiger partial charge on any atom is -0.453 e. The molecule has 5 heteroatoms. The predicted octanol–water partition coefficient (Wildman–Crippen LogP) is 4.44. The molecule has 0 aliphatic rings. The summed E-state index contributed by atoms with van der Waals surface area (Å²) in [5.74, 6) is -0.0820. The molecule has 2 rings (SSSR count). The van der Waals surface area contributed by atoms with Gasteiger partial charge in [-0.25, -0.2) is 4.79 Å². The molecule has 0 bridgehead atoms. The van der Waals surface area contributed by atoms with Gasteiger partial charge in [-0.15, -0.1) is 0 Å². The first-order valence-electron chi connectivity index (χ1n) is 7.87. The van der Waals surface area contributed by atoms with E-state index in [2.05, 4.69) is 15.4 Å². The van der Waals surface area contributed by atoms with Crippen molar-refractivity contribution in [3.8, 4) is 0 Å². The number of anilines is 2. The molecule has 0 saturated heterocycles. The highest BCUT2D eigenvalue weighted by Crippen LogP contribution is 2.16. The summed E-state index contributed by atoms with van der Waals surface area (Å²) in [7, 11) is 1.33. The summed E-state index contributed by atoms with van der Waals surface area (Å²) < 4.78 is 4.54. The summed E-state index contributed by atoms with van der Waals surface area (Å²) in [6.45, 7) is 5.48. The maximum absolute atomic E-state index is 11.1. The zero-order valence-corrected chi connectivity index (χ0v) is 14.6. The summed E-state index contributed by atoms with van der Waals surface area (Å²) in [4.78, 5) is 22.1. The van der Waals surface area contributed by atoms with Crippen LogP contribution < -0.4 is 10.6 Å². The quantitative estimate of drug-likeness (QED) is 0.872. The molecule has 2 aromatic carbocycles. The zero-order chi connectivity index (χ0) is 17.9. The van der Waals surface area contributed by atoms with E-state index in [0.717, 1.165) is 23.2 Å². The molecule has 24 heavy (non-hydrogen) atoms. The van der Waals surface area contributed by atoms with Crippen LogP contribution >= 0.6 is 0 Å². The van der Waals surface area contributed by atoms with Gasteiger partial charge in [0.15, 0.2) is 0 Å². The SMILES string of the molecule is CC.COC(=O)Nc1ccc(Cc2ccc(NC(C)=O)cc2)cc1. The highest BCUT2D eigenvalue weighted by molar-refractivity contribution is 5.88. The monoisotopic (exact) mass is 328 g/mol. The third-order valence-corrected chi connectivity index (χ3v) is 3.07. The van der Waals surface area contributed by atoms with Crippen molar-refractivity contribution in [3.05, 3.63) is 59.7 Å². The Morgan fingerprint density at radius 2 is 1.25 bits per heavy atom. The minimum atomic E-state index is -0.485. The molecule has 0 heterocycles. The highest BCUT2D eigenvalue weighted by Gasteiger charge is 2.02. The number of hydrogen-bond acceptors (Lipinski definition) is 3. The van der Waals surface area contributed by atoms with Crippen LogP contribution in [0.1, 0.15) is 31.9 Å². The molecule has 0 fully saturated rings. The number of carbonyl (C=O) groups is 2. The molecule has 0 aliphatic carbocycles. The first-order valence-corrected chi connectivity index (χ1v) is 7.87. The van der Waals surface area contributed by atoms with Gasteiger partial charge in [0.05, 0.1) is 7.11 Å². The topological polar surface area (TPSA) is 67.4 Å². The van der Waals surface area contributed by atoms with Crippen LogP contribution in [-0.2, 0) is 16.0 Å². The molecule has 0 aromatic heterocycles. The lowest BCUT2D eigenvalue weighted by Crippen LogP contribution is -2.10. The van der Waals surface area contributed by atoms with Crippen molar-refractivity contribution in [1.29, 1.82) is 0 Å². The normalized spacial score (nSPS) is 9.33. The molecular weight excluding hydrogens is 304 g/mol. The maximum Gasteiger partial charge on any atom is 0.411 e. The van der Waals surface area contributed by atoms with Crippen LogP contribution in [0, 0.1) is 0 Å². The Morgan fingerprint density at radius 1 is 0.833 bits per heavy atom. The van der Waals surface area contributed by atoms with Gasteiger partial charge in [-0.3, -0.25) is 10.1 Å². The van der Waals surface area contributed by atoms with E-state index in [1.807, 2.05) is 62.4 Å². The van der Waals surface area contributed by atoms with Gasteiger partial charge in [-0.2, -0.15) is 0 Å². The van der Waals surface area contributed by atoms with Crippen LogP contribution in [-0.4, -0.2) is 19.1 Å². The van der Waals surface area contributed by atoms with Gasteiger partial charge in [-0.1, -0.05) is 38.1 Å². The van der Waals surface area contributed by atoms with Crippen LogP contribution in [0.3, 0.4) is 0 Å². The summed E-state index contributed by atoms with van der Waals surface area (Å²) in [6.07, 6.45) is 0.292. The molecule has 0 saturated carbocycles. The van der Waals surface area contributed by atoms with Crippen molar-refractivity contribution in [2.45, 2.75) is 27.2 Å². The smallest absolute Gasteiger partial charge is 0.411 e. The van der Waals surface area contributed by atoms with Gasteiger partial charge in [0.1, 0.15) is 0 Å². The van der Waals surface area contributed by atoms with Crippen LogP contribution in [0.5, 0.6) is 0 Å². The van der Waals surface area contributed by atoms with E-state index in [4.69, 9.17) is 0 Å². The van der Waals surface area contributed by atoms with Crippen LogP contribution in [0.15, 0.2) is 48.5 Å².